The van der Waals surface area contributed by atoms with Crippen molar-refractivity contribution in [2.45, 2.75) is 37.1 Å². The summed E-state index contributed by atoms with van der Waals surface area (Å²) in [6.07, 6.45) is 6.91. The Balaban J connectivity index is 1.57. The first-order valence-electron chi connectivity index (χ1n) is 9.21. The van der Waals surface area contributed by atoms with Crippen molar-refractivity contribution >= 4 is 15.7 Å². The van der Waals surface area contributed by atoms with Crippen LogP contribution in [-0.4, -0.2) is 56.6 Å². The van der Waals surface area contributed by atoms with E-state index < -0.39 is 9.84 Å². The van der Waals surface area contributed by atoms with Gasteiger partial charge in [0, 0.05) is 32.3 Å². The summed E-state index contributed by atoms with van der Waals surface area (Å²) in [4.78, 5) is 16.8. The smallest absolute Gasteiger partial charge is 0.222 e. The van der Waals surface area contributed by atoms with E-state index in [1.54, 1.807) is 12.1 Å². The zero-order valence-electron chi connectivity index (χ0n) is 15.5. The monoisotopic (exact) mass is 376 g/mol. The van der Waals surface area contributed by atoms with Crippen LogP contribution in [0.2, 0.25) is 0 Å². The van der Waals surface area contributed by atoms with Gasteiger partial charge in [0.2, 0.25) is 5.91 Å². The number of rotatable bonds is 5. The van der Waals surface area contributed by atoms with Crippen LogP contribution in [0.15, 0.2) is 41.8 Å². The first kappa shape index (κ1) is 19.1. The van der Waals surface area contributed by atoms with E-state index in [1.165, 1.54) is 6.26 Å². The summed E-state index contributed by atoms with van der Waals surface area (Å²) in [5.74, 6) is 0.254. The molecule has 0 atom stereocenters. The van der Waals surface area contributed by atoms with Gasteiger partial charge in [0.15, 0.2) is 9.84 Å². The van der Waals surface area contributed by atoms with Crippen LogP contribution in [-0.2, 0) is 21.2 Å². The summed E-state index contributed by atoms with van der Waals surface area (Å²) in [5.41, 5.74) is 1.40. The number of sulfone groups is 1. The van der Waals surface area contributed by atoms with Gasteiger partial charge in [-0.2, -0.15) is 0 Å². The second-order valence-electron chi connectivity index (χ2n) is 7.76. The molecular formula is C20H28N2O3S. The van der Waals surface area contributed by atoms with Gasteiger partial charge in [-0.3, -0.25) is 9.69 Å². The van der Waals surface area contributed by atoms with Crippen LogP contribution in [0.4, 0.5) is 0 Å². The first-order chi connectivity index (χ1) is 12.3. The molecule has 1 spiro atoms. The second kappa shape index (κ2) is 7.53. The molecule has 0 radical (unpaired) electrons. The van der Waals surface area contributed by atoms with Crippen LogP contribution in [0, 0.1) is 5.41 Å². The SMILES string of the molecule is C=CCN1CC2(CCC1=O)CCN(Cc1ccc(S(C)(=O)=O)cc1)CC2. The quantitative estimate of drug-likeness (QED) is 0.741. The molecule has 1 aromatic carbocycles. The molecule has 2 heterocycles. The molecule has 0 saturated carbocycles. The third kappa shape index (κ3) is 4.35. The predicted octanol–water partition coefficient (Wildman–Crippen LogP) is 2.48. The van der Waals surface area contributed by atoms with Crippen molar-refractivity contribution in [2.75, 3.05) is 32.4 Å². The zero-order valence-corrected chi connectivity index (χ0v) is 16.3. The molecule has 0 N–H and O–H groups in total. The van der Waals surface area contributed by atoms with Crippen molar-refractivity contribution < 1.29 is 13.2 Å². The number of carbonyl (C=O) groups is 1. The van der Waals surface area contributed by atoms with E-state index in [9.17, 15) is 13.2 Å². The van der Waals surface area contributed by atoms with Crippen molar-refractivity contribution in [3.63, 3.8) is 0 Å². The molecule has 1 amide bonds. The first-order valence-corrected chi connectivity index (χ1v) is 11.1. The van der Waals surface area contributed by atoms with Crippen molar-refractivity contribution in [1.82, 2.24) is 9.80 Å². The van der Waals surface area contributed by atoms with Crippen LogP contribution in [0.1, 0.15) is 31.2 Å². The molecule has 142 valence electrons. The molecular weight excluding hydrogens is 348 g/mol. The fourth-order valence-electron chi connectivity index (χ4n) is 4.12. The van der Waals surface area contributed by atoms with Gasteiger partial charge in [0.25, 0.3) is 0 Å². The number of carbonyl (C=O) groups excluding carboxylic acids is 1. The van der Waals surface area contributed by atoms with Gasteiger partial charge in [-0.25, -0.2) is 8.42 Å². The van der Waals surface area contributed by atoms with Gasteiger partial charge in [0.05, 0.1) is 4.90 Å². The van der Waals surface area contributed by atoms with Crippen molar-refractivity contribution in [1.29, 1.82) is 0 Å². The van der Waals surface area contributed by atoms with Gasteiger partial charge in [-0.1, -0.05) is 18.2 Å². The van der Waals surface area contributed by atoms with E-state index in [4.69, 9.17) is 0 Å². The Morgan fingerprint density at radius 1 is 1.15 bits per heavy atom. The normalized spacial score (nSPS) is 21.1. The van der Waals surface area contributed by atoms with Crippen LogP contribution < -0.4 is 0 Å². The van der Waals surface area contributed by atoms with Crippen molar-refractivity contribution in [3.05, 3.63) is 42.5 Å². The maximum absolute atomic E-state index is 12.0. The molecule has 0 aromatic heterocycles. The average molecular weight is 377 g/mol. The molecule has 5 nitrogen and oxygen atoms in total. The number of amides is 1. The topological polar surface area (TPSA) is 57.7 Å². The average Bonchev–Trinajstić information content (AvgIpc) is 2.60. The van der Waals surface area contributed by atoms with Crippen LogP contribution in [0.25, 0.3) is 0 Å². The lowest BCUT2D eigenvalue weighted by molar-refractivity contribution is -0.138. The molecule has 1 aromatic rings. The fourth-order valence-corrected chi connectivity index (χ4v) is 4.75. The van der Waals surface area contributed by atoms with Gasteiger partial charge >= 0.3 is 0 Å². The van der Waals surface area contributed by atoms with E-state index in [0.717, 1.165) is 51.0 Å². The van der Waals surface area contributed by atoms with Gasteiger partial charge in [0.1, 0.15) is 0 Å². The Morgan fingerprint density at radius 2 is 1.81 bits per heavy atom. The van der Waals surface area contributed by atoms with Gasteiger partial charge in [-0.05, 0) is 55.5 Å². The molecule has 2 aliphatic heterocycles. The van der Waals surface area contributed by atoms with Crippen molar-refractivity contribution in [2.24, 2.45) is 5.41 Å². The highest BCUT2D eigenvalue weighted by molar-refractivity contribution is 7.90. The fraction of sp³-hybridized carbons (Fsp3) is 0.550. The Hall–Kier alpha value is -1.66. The molecule has 0 bridgehead atoms. The maximum atomic E-state index is 12.0. The number of hydrogen-bond donors (Lipinski definition) is 0. The minimum absolute atomic E-state index is 0.254. The highest BCUT2D eigenvalue weighted by Gasteiger charge is 2.40. The van der Waals surface area contributed by atoms with Gasteiger partial charge < -0.3 is 4.90 Å². The summed E-state index contributed by atoms with van der Waals surface area (Å²) < 4.78 is 23.1. The summed E-state index contributed by atoms with van der Waals surface area (Å²) >= 11 is 0. The molecule has 2 saturated heterocycles. The third-order valence-corrected chi connectivity index (χ3v) is 6.90. The van der Waals surface area contributed by atoms with E-state index in [0.29, 0.717) is 17.9 Å². The number of nitrogens with zero attached hydrogens (tertiary/aromatic N) is 2. The van der Waals surface area contributed by atoms with E-state index in [-0.39, 0.29) is 11.3 Å². The summed E-state index contributed by atoms with van der Waals surface area (Å²) in [5, 5.41) is 0. The maximum Gasteiger partial charge on any atom is 0.222 e. The van der Waals surface area contributed by atoms with Crippen LogP contribution in [0.3, 0.4) is 0 Å². The minimum atomic E-state index is -3.14. The Morgan fingerprint density at radius 3 is 2.38 bits per heavy atom. The Bertz CT molecular complexity index is 763. The number of hydrogen-bond acceptors (Lipinski definition) is 4. The van der Waals surface area contributed by atoms with E-state index >= 15 is 0 Å². The highest BCUT2D eigenvalue weighted by atomic mass is 32.2. The summed E-state index contributed by atoms with van der Waals surface area (Å²) in [6.45, 7) is 8.15. The van der Waals surface area contributed by atoms with Crippen molar-refractivity contribution in [3.8, 4) is 0 Å². The Kier molecular flexibility index (Phi) is 5.53. The lowest BCUT2D eigenvalue weighted by Crippen LogP contribution is -2.51. The Labute approximate surface area is 156 Å². The number of likely N-dealkylation sites (tertiary alicyclic amines) is 2. The van der Waals surface area contributed by atoms with Crippen LogP contribution >= 0.6 is 0 Å². The summed E-state index contributed by atoms with van der Waals surface area (Å²) in [7, 11) is -3.14. The lowest BCUT2D eigenvalue weighted by atomic mass is 9.72. The molecule has 26 heavy (non-hydrogen) atoms. The number of piperidine rings is 2. The van der Waals surface area contributed by atoms with E-state index in [2.05, 4.69) is 11.5 Å². The summed E-state index contributed by atoms with van der Waals surface area (Å²) in [6, 6.07) is 7.20. The molecule has 6 heteroatoms. The molecule has 2 fully saturated rings. The standard InChI is InChI=1S/C20H28N2O3S/c1-3-12-22-16-20(9-8-19(22)23)10-13-21(14-11-20)15-17-4-6-18(7-5-17)26(2,24)25/h3-7H,1,8-16H2,2H3. The zero-order chi connectivity index (χ0) is 18.8. The molecule has 3 rings (SSSR count). The van der Waals surface area contributed by atoms with Gasteiger partial charge in [-0.15, -0.1) is 6.58 Å². The predicted molar refractivity (Wildman–Crippen MR) is 103 cm³/mol. The highest BCUT2D eigenvalue weighted by Crippen LogP contribution is 2.40. The lowest BCUT2D eigenvalue weighted by Gasteiger charge is -2.47. The molecule has 2 aliphatic rings. The number of benzene rings is 1. The minimum Gasteiger partial charge on any atom is -0.338 e. The largest absolute Gasteiger partial charge is 0.338 e. The third-order valence-electron chi connectivity index (χ3n) is 5.77. The molecule has 0 aliphatic carbocycles. The second-order valence-corrected chi connectivity index (χ2v) is 9.77. The van der Waals surface area contributed by atoms with E-state index in [1.807, 2.05) is 23.1 Å². The van der Waals surface area contributed by atoms with Crippen LogP contribution in [0.5, 0.6) is 0 Å². The molecule has 0 unspecified atom stereocenters.